The number of rotatable bonds is 4. The van der Waals surface area contributed by atoms with Gasteiger partial charge in [0.2, 0.25) is 5.91 Å². The molecule has 1 amide bonds. The van der Waals surface area contributed by atoms with Gasteiger partial charge in [-0.25, -0.2) is 4.98 Å². The fourth-order valence-electron chi connectivity index (χ4n) is 1.14. The summed E-state index contributed by atoms with van der Waals surface area (Å²) in [6, 6.07) is 0.801. The van der Waals surface area contributed by atoms with Gasteiger partial charge in [-0.3, -0.25) is 4.79 Å². The van der Waals surface area contributed by atoms with Gasteiger partial charge in [-0.15, -0.1) is 0 Å². The molecule has 0 aliphatic heterocycles. The van der Waals surface area contributed by atoms with Crippen LogP contribution in [0.15, 0.2) is 12.3 Å². The van der Waals surface area contributed by atoms with Gasteiger partial charge in [-0.1, -0.05) is 11.6 Å². The molecule has 4 nitrogen and oxygen atoms in total. The second kappa shape index (κ2) is 5.90. The van der Waals surface area contributed by atoms with E-state index in [0.29, 0.717) is 19.3 Å². The summed E-state index contributed by atoms with van der Waals surface area (Å²) in [5, 5.41) is 5.12. The van der Waals surface area contributed by atoms with Crippen molar-refractivity contribution in [3.63, 3.8) is 0 Å². The normalized spacial score (nSPS) is 11.2. The van der Waals surface area contributed by atoms with E-state index in [1.165, 1.54) is 6.92 Å². The maximum absolute atomic E-state index is 12.3. The number of carbonyl (C=O) groups is 1. The summed E-state index contributed by atoms with van der Waals surface area (Å²) < 4.78 is 37.0. The number of anilines is 1. The van der Waals surface area contributed by atoms with Crippen molar-refractivity contribution in [2.75, 3.05) is 18.4 Å². The molecular weight excluding hydrogens is 271 g/mol. The molecule has 0 aliphatic carbocycles. The van der Waals surface area contributed by atoms with Gasteiger partial charge in [0.1, 0.15) is 5.82 Å². The number of amides is 1. The van der Waals surface area contributed by atoms with E-state index in [2.05, 4.69) is 15.6 Å². The summed E-state index contributed by atoms with van der Waals surface area (Å²) in [6.07, 6.45) is -3.77. The first-order valence-electron chi connectivity index (χ1n) is 5.01. The van der Waals surface area contributed by atoms with Crippen LogP contribution in [0.25, 0.3) is 0 Å². The lowest BCUT2D eigenvalue weighted by Crippen LogP contribution is -2.26. The van der Waals surface area contributed by atoms with E-state index < -0.39 is 11.7 Å². The predicted molar refractivity (Wildman–Crippen MR) is 61.4 cm³/mol. The molecule has 0 aliphatic rings. The summed E-state index contributed by atoms with van der Waals surface area (Å²) in [5.74, 6) is -0.0432. The highest BCUT2D eigenvalue weighted by Crippen LogP contribution is 2.32. The summed E-state index contributed by atoms with van der Waals surface area (Å²) in [5.41, 5.74) is -0.903. The second-order valence-electron chi connectivity index (χ2n) is 3.46. The highest BCUT2D eigenvalue weighted by molar-refractivity contribution is 6.32. The summed E-state index contributed by atoms with van der Waals surface area (Å²) >= 11 is 5.66. The van der Waals surface area contributed by atoms with Crippen molar-refractivity contribution in [2.45, 2.75) is 13.1 Å². The zero-order valence-electron chi connectivity index (χ0n) is 9.44. The van der Waals surface area contributed by atoms with Crippen molar-refractivity contribution < 1.29 is 18.0 Å². The first-order chi connectivity index (χ1) is 8.30. The van der Waals surface area contributed by atoms with Crippen molar-refractivity contribution in [3.05, 3.63) is 22.8 Å². The largest absolute Gasteiger partial charge is 0.417 e. The van der Waals surface area contributed by atoms with Crippen LogP contribution < -0.4 is 10.6 Å². The predicted octanol–water partition coefficient (Wildman–Crippen LogP) is 2.30. The van der Waals surface area contributed by atoms with E-state index in [0.717, 1.165) is 6.07 Å². The van der Waals surface area contributed by atoms with Crippen LogP contribution in [0.4, 0.5) is 19.0 Å². The van der Waals surface area contributed by atoms with Gasteiger partial charge in [0.15, 0.2) is 0 Å². The monoisotopic (exact) mass is 281 g/mol. The lowest BCUT2D eigenvalue weighted by molar-refractivity contribution is -0.137. The molecule has 18 heavy (non-hydrogen) atoms. The molecule has 2 N–H and O–H groups in total. The molecule has 0 atom stereocenters. The Kier molecular flexibility index (Phi) is 4.77. The Bertz CT molecular complexity index is 437. The quantitative estimate of drug-likeness (QED) is 0.833. The molecule has 1 rings (SSSR count). The zero-order chi connectivity index (χ0) is 13.8. The number of pyridine rings is 1. The molecule has 1 heterocycles. The SMILES string of the molecule is CC(=O)NCCNc1ncc(C(F)(F)F)cc1Cl. The van der Waals surface area contributed by atoms with Gasteiger partial charge in [0, 0.05) is 26.2 Å². The number of alkyl halides is 3. The van der Waals surface area contributed by atoms with E-state index >= 15 is 0 Å². The summed E-state index contributed by atoms with van der Waals surface area (Å²) in [7, 11) is 0. The third-order valence-corrected chi connectivity index (χ3v) is 2.25. The number of hydrogen-bond acceptors (Lipinski definition) is 3. The fraction of sp³-hybridized carbons (Fsp3) is 0.400. The molecule has 0 saturated heterocycles. The van der Waals surface area contributed by atoms with Crippen molar-refractivity contribution >= 4 is 23.3 Å². The summed E-state index contributed by atoms with van der Waals surface area (Å²) in [4.78, 5) is 14.2. The topological polar surface area (TPSA) is 54.0 Å². The van der Waals surface area contributed by atoms with Crippen molar-refractivity contribution in [2.24, 2.45) is 0 Å². The Labute approximate surface area is 107 Å². The van der Waals surface area contributed by atoms with E-state index in [1.54, 1.807) is 0 Å². The Balaban J connectivity index is 2.60. The molecule has 0 aromatic carbocycles. The number of nitrogens with zero attached hydrogens (tertiary/aromatic N) is 1. The lowest BCUT2D eigenvalue weighted by Gasteiger charge is -2.10. The van der Waals surface area contributed by atoms with E-state index in [9.17, 15) is 18.0 Å². The maximum atomic E-state index is 12.3. The Morgan fingerprint density at radius 1 is 1.44 bits per heavy atom. The van der Waals surface area contributed by atoms with Gasteiger partial charge in [0.25, 0.3) is 0 Å². The van der Waals surface area contributed by atoms with Crippen LogP contribution in [-0.2, 0) is 11.0 Å². The van der Waals surface area contributed by atoms with Gasteiger partial charge >= 0.3 is 6.18 Å². The van der Waals surface area contributed by atoms with Crippen LogP contribution in [0, 0.1) is 0 Å². The lowest BCUT2D eigenvalue weighted by atomic mass is 10.3. The van der Waals surface area contributed by atoms with Crippen LogP contribution >= 0.6 is 11.6 Å². The van der Waals surface area contributed by atoms with E-state index in [-0.39, 0.29) is 16.7 Å². The molecule has 0 spiro atoms. The van der Waals surface area contributed by atoms with Crippen molar-refractivity contribution in [1.29, 1.82) is 0 Å². The molecule has 0 radical (unpaired) electrons. The molecule has 0 bridgehead atoms. The van der Waals surface area contributed by atoms with Crippen LogP contribution in [0.3, 0.4) is 0 Å². The third kappa shape index (κ3) is 4.40. The fourth-order valence-corrected chi connectivity index (χ4v) is 1.38. The molecule has 100 valence electrons. The minimum absolute atomic E-state index is 0.118. The van der Waals surface area contributed by atoms with Gasteiger partial charge in [-0.2, -0.15) is 13.2 Å². The molecule has 1 aromatic rings. The Hall–Kier alpha value is -1.50. The van der Waals surface area contributed by atoms with E-state index in [4.69, 9.17) is 11.6 Å². The van der Waals surface area contributed by atoms with Crippen LogP contribution in [-0.4, -0.2) is 24.0 Å². The smallest absolute Gasteiger partial charge is 0.367 e. The summed E-state index contributed by atoms with van der Waals surface area (Å²) in [6.45, 7) is 2.01. The highest BCUT2D eigenvalue weighted by atomic mass is 35.5. The minimum Gasteiger partial charge on any atom is -0.367 e. The number of hydrogen-bond donors (Lipinski definition) is 2. The number of nitrogens with one attached hydrogen (secondary N) is 2. The second-order valence-corrected chi connectivity index (χ2v) is 3.87. The average molecular weight is 282 g/mol. The molecule has 8 heteroatoms. The number of carbonyl (C=O) groups excluding carboxylic acids is 1. The van der Waals surface area contributed by atoms with Gasteiger partial charge in [0.05, 0.1) is 10.6 Å². The van der Waals surface area contributed by atoms with Gasteiger partial charge in [-0.05, 0) is 6.07 Å². The van der Waals surface area contributed by atoms with Gasteiger partial charge < -0.3 is 10.6 Å². The number of aromatic nitrogens is 1. The Morgan fingerprint density at radius 3 is 2.61 bits per heavy atom. The molecule has 0 saturated carbocycles. The van der Waals surface area contributed by atoms with Crippen LogP contribution in [0.5, 0.6) is 0 Å². The molecule has 0 unspecified atom stereocenters. The first-order valence-corrected chi connectivity index (χ1v) is 5.39. The highest BCUT2D eigenvalue weighted by Gasteiger charge is 2.31. The minimum atomic E-state index is -4.47. The maximum Gasteiger partial charge on any atom is 0.417 e. The van der Waals surface area contributed by atoms with Crippen LogP contribution in [0.2, 0.25) is 5.02 Å². The zero-order valence-corrected chi connectivity index (χ0v) is 10.2. The standard InChI is InChI=1S/C10H11ClF3N3O/c1-6(18)15-2-3-16-9-8(11)4-7(5-17-9)10(12,13)14/h4-5H,2-3H2,1H3,(H,15,18)(H,16,17). The number of halogens is 4. The molecule has 1 aromatic heterocycles. The first kappa shape index (κ1) is 14.6. The Morgan fingerprint density at radius 2 is 2.11 bits per heavy atom. The van der Waals surface area contributed by atoms with Crippen molar-refractivity contribution in [1.82, 2.24) is 10.3 Å². The van der Waals surface area contributed by atoms with E-state index in [1.807, 2.05) is 0 Å². The molecule has 0 fully saturated rings. The van der Waals surface area contributed by atoms with Crippen molar-refractivity contribution in [3.8, 4) is 0 Å². The average Bonchev–Trinajstić information content (AvgIpc) is 2.24. The van der Waals surface area contributed by atoms with Crippen LogP contribution in [0.1, 0.15) is 12.5 Å². The molecular formula is C10H11ClF3N3O. The third-order valence-electron chi connectivity index (χ3n) is 1.96.